The number of benzene rings is 2. The fourth-order valence-electron chi connectivity index (χ4n) is 1.56. The van der Waals surface area contributed by atoms with Crippen LogP contribution in [0, 0.1) is 9.39 Å². The predicted molar refractivity (Wildman–Crippen MR) is 80.9 cm³/mol. The number of ether oxygens (including phenoxy) is 2. The van der Waals surface area contributed by atoms with Gasteiger partial charge < -0.3 is 15.2 Å². The summed E-state index contributed by atoms with van der Waals surface area (Å²) in [6.07, 6.45) is 0. The van der Waals surface area contributed by atoms with Crippen LogP contribution in [-0.2, 0) is 6.61 Å². The molecule has 0 atom stereocenters. The zero-order valence-electron chi connectivity index (χ0n) is 10.3. The summed E-state index contributed by atoms with van der Waals surface area (Å²) in [5.41, 5.74) is 6.63. The lowest BCUT2D eigenvalue weighted by Crippen LogP contribution is -2.01. The van der Waals surface area contributed by atoms with Crippen molar-refractivity contribution in [2.24, 2.45) is 0 Å². The van der Waals surface area contributed by atoms with E-state index >= 15 is 0 Å². The third-order valence-electron chi connectivity index (χ3n) is 2.61. The van der Waals surface area contributed by atoms with Gasteiger partial charge in [-0.3, -0.25) is 0 Å². The molecule has 0 saturated carbocycles. The molecular weight excluding hydrogens is 360 g/mol. The molecule has 3 nitrogen and oxygen atoms in total. The topological polar surface area (TPSA) is 44.5 Å². The summed E-state index contributed by atoms with van der Waals surface area (Å²) < 4.78 is 24.8. The number of hydrogen-bond donors (Lipinski definition) is 1. The molecule has 100 valence electrons. The highest BCUT2D eigenvalue weighted by molar-refractivity contribution is 14.1. The van der Waals surface area contributed by atoms with Gasteiger partial charge in [0.15, 0.2) is 5.82 Å². The van der Waals surface area contributed by atoms with Crippen LogP contribution in [0.3, 0.4) is 0 Å². The molecule has 0 fully saturated rings. The number of halogens is 2. The van der Waals surface area contributed by atoms with Gasteiger partial charge in [-0.25, -0.2) is 4.39 Å². The van der Waals surface area contributed by atoms with Gasteiger partial charge >= 0.3 is 0 Å². The van der Waals surface area contributed by atoms with Crippen LogP contribution < -0.4 is 15.2 Å². The lowest BCUT2D eigenvalue weighted by Gasteiger charge is -2.10. The van der Waals surface area contributed by atoms with Gasteiger partial charge in [0.1, 0.15) is 23.8 Å². The highest BCUT2D eigenvalue weighted by Crippen LogP contribution is 2.28. The van der Waals surface area contributed by atoms with Crippen LogP contribution >= 0.6 is 22.6 Å². The zero-order valence-corrected chi connectivity index (χ0v) is 12.5. The number of hydrogen-bond acceptors (Lipinski definition) is 3. The number of methoxy groups -OCH3 is 1. The van der Waals surface area contributed by atoms with Gasteiger partial charge in [-0.1, -0.05) is 12.1 Å². The zero-order chi connectivity index (χ0) is 13.8. The molecule has 0 aliphatic heterocycles. The third-order valence-corrected chi connectivity index (χ3v) is 3.23. The maximum Gasteiger partial charge on any atom is 0.150 e. The van der Waals surface area contributed by atoms with E-state index in [-0.39, 0.29) is 5.69 Å². The summed E-state index contributed by atoms with van der Waals surface area (Å²) in [6, 6.07) is 10.5. The molecule has 0 radical (unpaired) electrons. The van der Waals surface area contributed by atoms with Gasteiger partial charge in [-0.2, -0.15) is 0 Å². The molecule has 0 amide bonds. The van der Waals surface area contributed by atoms with E-state index in [1.54, 1.807) is 13.2 Å². The van der Waals surface area contributed by atoms with Crippen molar-refractivity contribution >= 4 is 28.3 Å². The van der Waals surface area contributed by atoms with Crippen molar-refractivity contribution in [1.29, 1.82) is 0 Å². The monoisotopic (exact) mass is 373 g/mol. The first-order chi connectivity index (χ1) is 9.10. The molecule has 0 aromatic heterocycles. The van der Waals surface area contributed by atoms with Crippen molar-refractivity contribution in [1.82, 2.24) is 0 Å². The Kier molecular flexibility index (Phi) is 4.47. The number of nitrogens with two attached hydrogens (primary N) is 1. The van der Waals surface area contributed by atoms with Crippen LogP contribution in [0.2, 0.25) is 0 Å². The molecule has 0 aliphatic carbocycles. The smallest absolute Gasteiger partial charge is 0.150 e. The van der Waals surface area contributed by atoms with E-state index < -0.39 is 5.82 Å². The molecule has 2 N–H and O–H groups in total. The fraction of sp³-hybridized carbons (Fsp3) is 0.143. The maximum absolute atomic E-state index is 13.4. The molecular formula is C14H13FINO2. The van der Waals surface area contributed by atoms with Crippen molar-refractivity contribution in [3.63, 3.8) is 0 Å². The summed E-state index contributed by atoms with van der Waals surface area (Å²) in [6.45, 7) is 0.327. The molecule has 0 spiro atoms. The summed E-state index contributed by atoms with van der Waals surface area (Å²) in [7, 11) is 1.61. The quantitative estimate of drug-likeness (QED) is 0.658. The molecule has 2 rings (SSSR count). The van der Waals surface area contributed by atoms with Crippen LogP contribution in [0.5, 0.6) is 11.5 Å². The standard InChI is InChI=1S/C14H13FINO2/c1-18-11-4-2-9(3-5-11)8-19-13-7-10(16)6-12(15)14(13)17/h2-7H,8,17H2,1H3. The average molecular weight is 373 g/mol. The van der Waals surface area contributed by atoms with Crippen molar-refractivity contribution in [2.75, 3.05) is 12.8 Å². The largest absolute Gasteiger partial charge is 0.497 e. The number of anilines is 1. The van der Waals surface area contributed by atoms with E-state index in [2.05, 4.69) is 0 Å². The van der Waals surface area contributed by atoms with E-state index in [0.29, 0.717) is 12.4 Å². The lowest BCUT2D eigenvalue weighted by molar-refractivity contribution is 0.306. The van der Waals surface area contributed by atoms with E-state index in [1.165, 1.54) is 6.07 Å². The first kappa shape index (κ1) is 13.9. The Morgan fingerprint density at radius 1 is 1.21 bits per heavy atom. The Labute approximate surface area is 124 Å². The fourth-order valence-corrected chi connectivity index (χ4v) is 2.12. The van der Waals surface area contributed by atoms with Gasteiger partial charge in [0.25, 0.3) is 0 Å². The van der Waals surface area contributed by atoms with Gasteiger partial charge in [0.05, 0.1) is 7.11 Å². The Hall–Kier alpha value is -1.50. The average Bonchev–Trinajstić information content (AvgIpc) is 2.41. The second-order valence-electron chi connectivity index (χ2n) is 3.94. The first-order valence-corrected chi connectivity index (χ1v) is 6.68. The normalized spacial score (nSPS) is 10.3. The Morgan fingerprint density at radius 2 is 1.89 bits per heavy atom. The van der Waals surface area contributed by atoms with Crippen LogP contribution in [0.25, 0.3) is 0 Å². The van der Waals surface area contributed by atoms with Crippen LogP contribution in [0.4, 0.5) is 10.1 Å². The molecule has 0 bridgehead atoms. The molecule has 0 saturated heterocycles. The second-order valence-corrected chi connectivity index (χ2v) is 5.18. The predicted octanol–water partition coefficient (Wildman–Crippen LogP) is 3.60. The molecule has 0 heterocycles. The Balaban J connectivity index is 2.09. The Bertz CT molecular complexity index is 572. The number of rotatable bonds is 4. The maximum atomic E-state index is 13.4. The van der Waals surface area contributed by atoms with Crippen LogP contribution in [0.15, 0.2) is 36.4 Å². The summed E-state index contributed by atoms with van der Waals surface area (Å²) in [4.78, 5) is 0. The van der Waals surface area contributed by atoms with Crippen molar-refractivity contribution in [3.05, 3.63) is 51.3 Å². The highest BCUT2D eigenvalue weighted by atomic mass is 127. The van der Waals surface area contributed by atoms with E-state index in [0.717, 1.165) is 14.9 Å². The van der Waals surface area contributed by atoms with E-state index in [9.17, 15) is 4.39 Å². The van der Waals surface area contributed by atoms with Crippen molar-refractivity contribution in [2.45, 2.75) is 6.61 Å². The minimum absolute atomic E-state index is 0.0360. The van der Waals surface area contributed by atoms with Crippen molar-refractivity contribution in [3.8, 4) is 11.5 Å². The molecule has 0 unspecified atom stereocenters. The van der Waals surface area contributed by atoms with Gasteiger partial charge in [0, 0.05) is 3.57 Å². The minimum Gasteiger partial charge on any atom is -0.497 e. The first-order valence-electron chi connectivity index (χ1n) is 5.60. The molecule has 0 aliphatic rings. The molecule has 5 heteroatoms. The van der Waals surface area contributed by atoms with Crippen molar-refractivity contribution < 1.29 is 13.9 Å². The summed E-state index contributed by atoms with van der Waals surface area (Å²) >= 11 is 2.02. The lowest BCUT2D eigenvalue weighted by atomic mass is 10.2. The molecule has 19 heavy (non-hydrogen) atoms. The SMILES string of the molecule is COc1ccc(COc2cc(I)cc(F)c2N)cc1. The molecule has 2 aromatic rings. The minimum atomic E-state index is -0.461. The summed E-state index contributed by atoms with van der Waals surface area (Å²) in [5, 5.41) is 0. The van der Waals surface area contributed by atoms with Crippen LogP contribution in [0.1, 0.15) is 5.56 Å². The van der Waals surface area contributed by atoms with Gasteiger partial charge in [0.2, 0.25) is 0 Å². The van der Waals surface area contributed by atoms with Crippen LogP contribution in [-0.4, -0.2) is 7.11 Å². The number of nitrogen functional groups attached to an aromatic ring is 1. The third kappa shape index (κ3) is 3.50. The summed E-state index contributed by atoms with van der Waals surface area (Å²) in [5.74, 6) is 0.681. The van der Waals surface area contributed by atoms with E-state index in [1.807, 2.05) is 46.9 Å². The molecule has 2 aromatic carbocycles. The van der Waals surface area contributed by atoms with E-state index in [4.69, 9.17) is 15.2 Å². The second kappa shape index (κ2) is 6.10. The highest BCUT2D eigenvalue weighted by Gasteiger charge is 2.08. The van der Waals surface area contributed by atoms with Gasteiger partial charge in [-0.15, -0.1) is 0 Å². The van der Waals surface area contributed by atoms with Gasteiger partial charge in [-0.05, 0) is 52.4 Å². The Morgan fingerprint density at radius 3 is 2.53 bits per heavy atom.